The second kappa shape index (κ2) is 6.63. The maximum atomic E-state index is 12.0. The Bertz CT molecular complexity index is 480. The van der Waals surface area contributed by atoms with Gasteiger partial charge in [-0.15, -0.1) is 11.3 Å². The van der Waals surface area contributed by atoms with Gasteiger partial charge in [0, 0.05) is 29.4 Å². The van der Waals surface area contributed by atoms with Crippen molar-refractivity contribution in [3.05, 3.63) is 15.8 Å². The topological polar surface area (TPSA) is 78.4 Å². The zero-order valence-corrected chi connectivity index (χ0v) is 12.5. The van der Waals surface area contributed by atoms with E-state index < -0.39 is 16.1 Å². The SMILES string of the molecule is Cc1cc(S(=O)(=O)NCCNCC(C)O)c(C)s1. The molecule has 0 radical (unpaired) electrons. The third kappa shape index (κ3) is 4.66. The van der Waals surface area contributed by atoms with Crippen molar-refractivity contribution in [3.63, 3.8) is 0 Å². The van der Waals surface area contributed by atoms with Crippen LogP contribution in [0.15, 0.2) is 11.0 Å². The van der Waals surface area contributed by atoms with Crippen LogP contribution in [0.5, 0.6) is 0 Å². The molecule has 3 N–H and O–H groups in total. The van der Waals surface area contributed by atoms with E-state index in [1.807, 2.05) is 6.92 Å². The smallest absolute Gasteiger partial charge is 0.241 e. The van der Waals surface area contributed by atoms with Gasteiger partial charge in [0.05, 0.1) is 11.0 Å². The molecule has 1 atom stereocenters. The van der Waals surface area contributed by atoms with Crippen LogP contribution in [-0.4, -0.2) is 39.3 Å². The molecule has 0 saturated carbocycles. The minimum Gasteiger partial charge on any atom is -0.392 e. The number of aliphatic hydroxyl groups excluding tert-OH is 1. The van der Waals surface area contributed by atoms with Crippen molar-refractivity contribution in [3.8, 4) is 0 Å². The first-order valence-electron chi connectivity index (χ1n) is 5.78. The highest BCUT2D eigenvalue weighted by Crippen LogP contribution is 2.24. The Balaban J connectivity index is 2.48. The van der Waals surface area contributed by atoms with Crippen molar-refractivity contribution in [1.82, 2.24) is 10.0 Å². The molecule has 0 saturated heterocycles. The molecular formula is C11H20N2O3S2. The van der Waals surface area contributed by atoms with E-state index in [1.165, 1.54) is 11.3 Å². The van der Waals surface area contributed by atoms with Crippen LogP contribution in [0.25, 0.3) is 0 Å². The number of aliphatic hydroxyl groups is 1. The minimum absolute atomic E-state index is 0.309. The van der Waals surface area contributed by atoms with Crippen LogP contribution < -0.4 is 10.0 Å². The van der Waals surface area contributed by atoms with Crippen molar-refractivity contribution in [1.29, 1.82) is 0 Å². The number of thiophene rings is 1. The van der Waals surface area contributed by atoms with Gasteiger partial charge in [0.15, 0.2) is 0 Å². The van der Waals surface area contributed by atoms with E-state index in [2.05, 4.69) is 10.0 Å². The first-order chi connectivity index (χ1) is 8.33. The van der Waals surface area contributed by atoms with Crippen LogP contribution >= 0.6 is 11.3 Å². The van der Waals surface area contributed by atoms with E-state index in [-0.39, 0.29) is 0 Å². The summed E-state index contributed by atoms with van der Waals surface area (Å²) in [5.41, 5.74) is 0. The average Bonchev–Trinajstić information content (AvgIpc) is 2.57. The molecule has 0 aliphatic heterocycles. The Hall–Kier alpha value is -0.470. The highest BCUT2D eigenvalue weighted by Gasteiger charge is 2.18. The molecular weight excluding hydrogens is 272 g/mol. The summed E-state index contributed by atoms with van der Waals surface area (Å²) in [7, 11) is -3.41. The fraction of sp³-hybridized carbons (Fsp3) is 0.636. The Morgan fingerprint density at radius 2 is 2.06 bits per heavy atom. The second-order valence-corrected chi connectivity index (χ2v) is 7.42. The van der Waals surface area contributed by atoms with E-state index in [0.29, 0.717) is 24.5 Å². The van der Waals surface area contributed by atoms with Crippen molar-refractivity contribution in [2.24, 2.45) is 0 Å². The lowest BCUT2D eigenvalue weighted by atomic mass is 10.4. The van der Waals surface area contributed by atoms with Gasteiger partial charge >= 0.3 is 0 Å². The molecule has 1 aromatic heterocycles. The molecule has 1 aromatic rings. The monoisotopic (exact) mass is 292 g/mol. The largest absolute Gasteiger partial charge is 0.392 e. The predicted octanol–water partition coefficient (Wildman–Crippen LogP) is 0.614. The van der Waals surface area contributed by atoms with E-state index in [0.717, 1.165) is 9.75 Å². The summed E-state index contributed by atoms with van der Waals surface area (Å²) in [6.45, 7) is 6.63. The van der Waals surface area contributed by atoms with Crippen LogP contribution in [0.1, 0.15) is 16.7 Å². The molecule has 0 spiro atoms. The number of hydrogen-bond donors (Lipinski definition) is 3. The van der Waals surface area contributed by atoms with Crippen LogP contribution in [0.4, 0.5) is 0 Å². The quantitative estimate of drug-likeness (QED) is 0.644. The highest BCUT2D eigenvalue weighted by molar-refractivity contribution is 7.89. The number of rotatable bonds is 7. The van der Waals surface area contributed by atoms with Gasteiger partial charge in [-0.1, -0.05) is 0 Å². The summed E-state index contributed by atoms with van der Waals surface area (Å²) in [4.78, 5) is 2.15. The van der Waals surface area contributed by atoms with Crippen LogP contribution in [0, 0.1) is 13.8 Å². The van der Waals surface area contributed by atoms with Crippen LogP contribution in [0.2, 0.25) is 0 Å². The molecule has 18 heavy (non-hydrogen) atoms. The van der Waals surface area contributed by atoms with E-state index in [9.17, 15) is 8.42 Å². The maximum absolute atomic E-state index is 12.0. The predicted molar refractivity (Wildman–Crippen MR) is 73.5 cm³/mol. The Kier molecular flexibility index (Phi) is 5.74. The lowest BCUT2D eigenvalue weighted by Crippen LogP contribution is -2.34. The molecule has 0 aliphatic rings. The van der Waals surface area contributed by atoms with Gasteiger partial charge in [0.1, 0.15) is 0 Å². The van der Waals surface area contributed by atoms with Crippen molar-refractivity contribution in [2.75, 3.05) is 19.6 Å². The highest BCUT2D eigenvalue weighted by atomic mass is 32.2. The van der Waals surface area contributed by atoms with Gasteiger partial charge in [-0.05, 0) is 26.8 Å². The van der Waals surface area contributed by atoms with E-state index >= 15 is 0 Å². The summed E-state index contributed by atoms with van der Waals surface area (Å²) in [5.74, 6) is 0. The summed E-state index contributed by atoms with van der Waals surface area (Å²) in [6, 6.07) is 1.69. The second-order valence-electron chi connectivity index (χ2n) is 4.23. The van der Waals surface area contributed by atoms with Crippen molar-refractivity contribution < 1.29 is 13.5 Å². The van der Waals surface area contributed by atoms with Gasteiger partial charge in [-0.2, -0.15) is 0 Å². The van der Waals surface area contributed by atoms with E-state index in [1.54, 1.807) is 19.9 Å². The van der Waals surface area contributed by atoms with Crippen LogP contribution in [0.3, 0.4) is 0 Å². The molecule has 7 heteroatoms. The van der Waals surface area contributed by atoms with Gasteiger partial charge in [-0.3, -0.25) is 0 Å². The zero-order chi connectivity index (χ0) is 13.8. The first-order valence-corrected chi connectivity index (χ1v) is 8.08. The molecule has 1 heterocycles. The molecule has 5 nitrogen and oxygen atoms in total. The van der Waals surface area contributed by atoms with Gasteiger partial charge in [0.25, 0.3) is 0 Å². The third-order valence-corrected chi connectivity index (χ3v) is 5.00. The molecule has 0 amide bonds. The fourth-order valence-corrected chi connectivity index (χ4v) is 4.12. The van der Waals surface area contributed by atoms with Gasteiger partial charge in [0.2, 0.25) is 10.0 Å². The van der Waals surface area contributed by atoms with Crippen molar-refractivity contribution in [2.45, 2.75) is 31.8 Å². The summed E-state index contributed by atoms with van der Waals surface area (Å²) in [6.07, 6.45) is -0.427. The van der Waals surface area contributed by atoms with Crippen LogP contribution in [-0.2, 0) is 10.0 Å². The number of hydrogen-bond acceptors (Lipinski definition) is 5. The number of sulfonamides is 1. The lowest BCUT2D eigenvalue weighted by Gasteiger charge is -2.08. The average molecular weight is 292 g/mol. The summed E-state index contributed by atoms with van der Waals surface area (Å²) >= 11 is 1.48. The third-order valence-electron chi connectivity index (χ3n) is 2.32. The Morgan fingerprint density at radius 3 is 2.56 bits per heavy atom. The normalized spacial score (nSPS) is 13.8. The minimum atomic E-state index is -3.41. The molecule has 0 fully saturated rings. The molecule has 1 unspecified atom stereocenters. The van der Waals surface area contributed by atoms with Gasteiger partial charge < -0.3 is 10.4 Å². The lowest BCUT2D eigenvalue weighted by molar-refractivity contribution is 0.192. The van der Waals surface area contributed by atoms with Crippen molar-refractivity contribution >= 4 is 21.4 Å². The summed E-state index contributed by atoms with van der Waals surface area (Å²) in [5, 5.41) is 12.0. The molecule has 104 valence electrons. The molecule has 0 aliphatic carbocycles. The number of nitrogens with one attached hydrogen (secondary N) is 2. The molecule has 0 aromatic carbocycles. The summed E-state index contributed by atoms with van der Waals surface area (Å²) < 4.78 is 26.5. The zero-order valence-electron chi connectivity index (χ0n) is 10.9. The Labute approximate surface area is 112 Å². The Morgan fingerprint density at radius 1 is 1.39 bits per heavy atom. The first kappa shape index (κ1) is 15.6. The standard InChI is InChI=1S/C11H20N2O3S2/c1-8(14)7-12-4-5-13-18(15,16)11-6-9(2)17-10(11)3/h6,8,12-14H,4-5,7H2,1-3H3. The van der Waals surface area contributed by atoms with E-state index in [4.69, 9.17) is 5.11 Å². The fourth-order valence-electron chi connectivity index (χ4n) is 1.54. The molecule has 1 rings (SSSR count). The maximum Gasteiger partial charge on any atom is 0.241 e. The molecule has 0 bridgehead atoms. The van der Waals surface area contributed by atoms with Gasteiger partial charge in [-0.25, -0.2) is 13.1 Å². The number of aryl methyl sites for hydroxylation is 2.